The van der Waals surface area contributed by atoms with Crippen LogP contribution < -0.4 is 20.1 Å². The summed E-state index contributed by atoms with van der Waals surface area (Å²) in [6.07, 6.45) is 0. The molecule has 1 aliphatic rings. The molecule has 7 heteroatoms. The Bertz CT molecular complexity index is 751. The molecule has 2 aromatic rings. The molecule has 0 atom stereocenters. The molecule has 0 aromatic heterocycles. The molecule has 0 radical (unpaired) electrons. The van der Waals surface area contributed by atoms with Gasteiger partial charge in [-0.2, -0.15) is 0 Å². The molecule has 0 unspecified atom stereocenters. The fourth-order valence-corrected chi connectivity index (χ4v) is 3.03. The Kier molecular flexibility index (Phi) is 9.07. The normalized spacial score (nSPS) is 14.0. The van der Waals surface area contributed by atoms with Gasteiger partial charge < -0.3 is 20.1 Å². The van der Waals surface area contributed by atoms with Gasteiger partial charge in [0, 0.05) is 39.3 Å². The molecule has 0 aliphatic carbocycles. The van der Waals surface area contributed by atoms with Crippen molar-refractivity contribution in [1.82, 2.24) is 15.5 Å². The third-order valence-electron chi connectivity index (χ3n) is 4.42. The van der Waals surface area contributed by atoms with E-state index in [4.69, 9.17) is 9.47 Å². The number of nitrogens with one attached hydrogen (secondary N) is 2. The predicted octanol–water partition coefficient (Wildman–Crippen LogP) is 2.93. The molecule has 28 heavy (non-hydrogen) atoms. The van der Waals surface area contributed by atoms with Crippen LogP contribution in [0.25, 0.3) is 0 Å². The van der Waals surface area contributed by atoms with Gasteiger partial charge in [-0.15, -0.1) is 12.4 Å². The van der Waals surface area contributed by atoms with Gasteiger partial charge in [-0.3, -0.25) is 9.69 Å². The Balaban J connectivity index is 0.00000280. The molecular weight excluding hydrogens is 378 g/mol. The highest BCUT2D eigenvalue weighted by Crippen LogP contribution is 2.32. The molecule has 1 fully saturated rings. The lowest BCUT2D eigenvalue weighted by molar-refractivity contribution is 0.0945. The van der Waals surface area contributed by atoms with Crippen molar-refractivity contribution >= 4 is 18.3 Å². The number of amides is 1. The van der Waals surface area contributed by atoms with E-state index >= 15 is 0 Å². The van der Waals surface area contributed by atoms with E-state index in [0.717, 1.165) is 32.7 Å². The van der Waals surface area contributed by atoms with Crippen molar-refractivity contribution in [2.24, 2.45) is 0 Å². The number of para-hydroxylation sites is 3. The van der Waals surface area contributed by atoms with Gasteiger partial charge in [0.2, 0.25) is 0 Å². The lowest BCUT2D eigenvalue weighted by atomic mass is 10.2. The van der Waals surface area contributed by atoms with Crippen LogP contribution in [0.3, 0.4) is 0 Å². The highest BCUT2D eigenvalue weighted by atomic mass is 35.5. The summed E-state index contributed by atoms with van der Waals surface area (Å²) < 4.78 is 11.6. The van der Waals surface area contributed by atoms with Crippen LogP contribution in [0.4, 0.5) is 0 Å². The number of piperazine rings is 1. The summed E-state index contributed by atoms with van der Waals surface area (Å²) >= 11 is 0. The van der Waals surface area contributed by atoms with Crippen molar-refractivity contribution in [3.8, 4) is 17.2 Å². The third-order valence-corrected chi connectivity index (χ3v) is 4.42. The number of carbonyl (C=O) groups is 1. The smallest absolute Gasteiger partial charge is 0.255 e. The standard InChI is InChI=1S/C21H27N3O3.ClH/c1-2-26-19-9-5-6-10-20(19)27-18-8-4-3-7-17(18)21(25)23-13-16-24-14-11-22-12-15-24;/h3-10,22H,2,11-16H2,1H3,(H,23,25);1H. The SMILES string of the molecule is CCOc1ccccc1Oc1ccccc1C(=O)NCCN1CCNCC1.Cl. The molecule has 1 amide bonds. The fourth-order valence-electron chi connectivity index (χ4n) is 3.03. The zero-order valence-corrected chi connectivity index (χ0v) is 17.0. The Hall–Kier alpha value is -2.28. The van der Waals surface area contributed by atoms with E-state index in [2.05, 4.69) is 15.5 Å². The highest BCUT2D eigenvalue weighted by molar-refractivity contribution is 5.97. The van der Waals surface area contributed by atoms with Crippen LogP contribution >= 0.6 is 12.4 Å². The first kappa shape index (κ1) is 22.0. The molecule has 6 nitrogen and oxygen atoms in total. The maximum atomic E-state index is 12.7. The number of rotatable bonds is 8. The van der Waals surface area contributed by atoms with Crippen molar-refractivity contribution in [3.05, 3.63) is 54.1 Å². The minimum atomic E-state index is -0.130. The summed E-state index contributed by atoms with van der Waals surface area (Å²) in [6.45, 7) is 7.98. The molecule has 152 valence electrons. The number of hydrogen-bond donors (Lipinski definition) is 2. The molecule has 2 N–H and O–H groups in total. The van der Waals surface area contributed by atoms with Gasteiger partial charge in [0.15, 0.2) is 11.5 Å². The second kappa shape index (κ2) is 11.5. The Morgan fingerprint density at radius 1 is 1.04 bits per heavy atom. The molecule has 1 heterocycles. The maximum Gasteiger partial charge on any atom is 0.255 e. The van der Waals surface area contributed by atoms with E-state index in [9.17, 15) is 4.79 Å². The van der Waals surface area contributed by atoms with Crippen molar-refractivity contribution in [2.75, 3.05) is 45.9 Å². The van der Waals surface area contributed by atoms with Crippen LogP contribution in [-0.4, -0.2) is 56.7 Å². The van der Waals surface area contributed by atoms with E-state index in [1.165, 1.54) is 0 Å². The first-order valence-electron chi connectivity index (χ1n) is 9.48. The quantitative estimate of drug-likeness (QED) is 0.707. The van der Waals surface area contributed by atoms with Crippen LogP contribution in [-0.2, 0) is 0 Å². The highest BCUT2D eigenvalue weighted by Gasteiger charge is 2.15. The first-order valence-corrected chi connectivity index (χ1v) is 9.48. The maximum absolute atomic E-state index is 12.7. The lowest BCUT2D eigenvalue weighted by Gasteiger charge is -2.27. The van der Waals surface area contributed by atoms with Gasteiger partial charge in [-0.05, 0) is 31.2 Å². The summed E-state index contributed by atoms with van der Waals surface area (Å²) in [6, 6.07) is 14.7. The van der Waals surface area contributed by atoms with E-state index < -0.39 is 0 Å². The molecule has 0 bridgehead atoms. The number of ether oxygens (including phenoxy) is 2. The average Bonchev–Trinajstić information content (AvgIpc) is 2.71. The predicted molar refractivity (Wildman–Crippen MR) is 113 cm³/mol. The minimum absolute atomic E-state index is 0. The summed E-state index contributed by atoms with van der Waals surface area (Å²) in [5.74, 6) is 1.65. The van der Waals surface area contributed by atoms with Crippen LogP contribution in [0.15, 0.2) is 48.5 Å². The largest absolute Gasteiger partial charge is 0.490 e. The lowest BCUT2D eigenvalue weighted by Crippen LogP contribution is -2.46. The molecule has 0 spiro atoms. The topological polar surface area (TPSA) is 62.8 Å². The average molecular weight is 406 g/mol. The summed E-state index contributed by atoms with van der Waals surface area (Å²) in [5.41, 5.74) is 0.518. The number of hydrogen-bond acceptors (Lipinski definition) is 5. The van der Waals surface area contributed by atoms with Gasteiger partial charge >= 0.3 is 0 Å². The summed E-state index contributed by atoms with van der Waals surface area (Å²) in [7, 11) is 0. The van der Waals surface area contributed by atoms with Crippen LogP contribution in [0.5, 0.6) is 17.2 Å². The van der Waals surface area contributed by atoms with Gasteiger partial charge in [-0.25, -0.2) is 0 Å². The second-order valence-electron chi connectivity index (χ2n) is 6.33. The number of nitrogens with zero attached hydrogens (tertiary/aromatic N) is 1. The summed E-state index contributed by atoms with van der Waals surface area (Å²) in [4.78, 5) is 15.0. The van der Waals surface area contributed by atoms with Crippen LogP contribution in [0, 0.1) is 0 Å². The molecule has 1 saturated heterocycles. The molecule has 2 aromatic carbocycles. The van der Waals surface area contributed by atoms with E-state index in [1.807, 2.05) is 43.3 Å². The monoisotopic (exact) mass is 405 g/mol. The zero-order valence-electron chi connectivity index (χ0n) is 16.1. The summed E-state index contributed by atoms with van der Waals surface area (Å²) in [5, 5.41) is 6.33. The van der Waals surface area contributed by atoms with Crippen molar-refractivity contribution in [1.29, 1.82) is 0 Å². The number of benzene rings is 2. The van der Waals surface area contributed by atoms with Crippen LogP contribution in [0.2, 0.25) is 0 Å². The van der Waals surface area contributed by atoms with Gasteiger partial charge in [0.05, 0.1) is 12.2 Å². The molecular formula is C21H28ClN3O3. The van der Waals surface area contributed by atoms with E-state index in [-0.39, 0.29) is 18.3 Å². The second-order valence-corrected chi connectivity index (χ2v) is 6.33. The fraction of sp³-hybridized carbons (Fsp3) is 0.381. The van der Waals surface area contributed by atoms with Gasteiger partial charge in [-0.1, -0.05) is 24.3 Å². The third kappa shape index (κ3) is 6.12. The zero-order chi connectivity index (χ0) is 18.9. The van der Waals surface area contributed by atoms with Crippen molar-refractivity contribution in [2.45, 2.75) is 6.92 Å². The van der Waals surface area contributed by atoms with Crippen molar-refractivity contribution in [3.63, 3.8) is 0 Å². The molecule has 3 rings (SSSR count). The molecule has 1 aliphatic heterocycles. The van der Waals surface area contributed by atoms with Gasteiger partial charge in [0.1, 0.15) is 5.75 Å². The Morgan fingerprint density at radius 2 is 1.68 bits per heavy atom. The number of carbonyl (C=O) groups excluding carboxylic acids is 1. The van der Waals surface area contributed by atoms with Gasteiger partial charge in [0.25, 0.3) is 5.91 Å². The van der Waals surface area contributed by atoms with E-state index in [1.54, 1.807) is 12.1 Å². The van der Waals surface area contributed by atoms with E-state index in [0.29, 0.717) is 36.0 Å². The molecule has 0 saturated carbocycles. The minimum Gasteiger partial charge on any atom is -0.490 e. The Labute approximate surface area is 172 Å². The van der Waals surface area contributed by atoms with Crippen LogP contribution in [0.1, 0.15) is 17.3 Å². The Morgan fingerprint density at radius 3 is 2.39 bits per heavy atom. The van der Waals surface area contributed by atoms with Crippen molar-refractivity contribution < 1.29 is 14.3 Å². The first-order chi connectivity index (χ1) is 13.3. The number of halogens is 1.